The lowest BCUT2D eigenvalue weighted by molar-refractivity contribution is -0.137. The average molecular weight is 430 g/mol. The third kappa shape index (κ3) is 5.54. The standard InChI is InChI=1S/C16H17F3N6O3S/c1-29(27,28)22-5-4-20-14-11(16(17,18)19)8-21-15(25-14)23-10-3-2-9-6-13(26)24-12(9)7-10/h2-3,7-8,22H,4-6H2,1H3,(H,24,26)(H2,20,21,23,25). The summed E-state index contributed by atoms with van der Waals surface area (Å²) in [7, 11) is -3.46. The van der Waals surface area contributed by atoms with Crippen molar-refractivity contribution in [3.8, 4) is 0 Å². The maximum absolute atomic E-state index is 13.2. The lowest BCUT2D eigenvalue weighted by Crippen LogP contribution is -2.28. The summed E-state index contributed by atoms with van der Waals surface area (Å²) in [5, 5.41) is 7.93. The number of benzene rings is 1. The molecule has 29 heavy (non-hydrogen) atoms. The summed E-state index contributed by atoms with van der Waals surface area (Å²) in [6.07, 6.45) is -2.85. The smallest absolute Gasteiger partial charge is 0.368 e. The Morgan fingerprint density at radius 1 is 1.24 bits per heavy atom. The van der Waals surface area contributed by atoms with E-state index in [0.717, 1.165) is 11.8 Å². The van der Waals surface area contributed by atoms with Gasteiger partial charge in [0.2, 0.25) is 21.9 Å². The first-order valence-electron chi connectivity index (χ1n) is 8.34. The molecule has 156 valence electrons. The lowest BCUT2D eigenvalue weighted by Gasteiger charge is -2.15. The Kier molecular flexibility index (Phi) is 5.61. The summed E-state index contributed by atoms with van der Waals surface area (Å²) in [4.78, 5) is 19.0. The van der Waals surface area contributed by atoms with Gasteiger partial charge in [-0.3, -0.25) is 4.79 Å². The first kappa shape index (κ1) is 20.8. The number of aromatic nitrogens is 2. The van der Waals surface area contributed by atoms with Crippen molar-refractivity contribution >= 4 is 39.1 Å². The van der Waals surface area contributed by atoms with Gasteiger partial charge in [0.15, 0.2) is 0 Å². The largest absolute Gasteiger partial charge is 0.421 e. The summed E-state index contributed by atoms with van der Waals surface area (Å²) in [5.74, 6) is -0.724. The summed E-state index contributed by atoms with van der Waals surface area (Å²) in [5.41, 5.74) is 0.825. The van der Waals surface area contributed by atoms with Crippen LogP contribution in [-0.4, -0.2) is 43.6 Å². The Bertz CT molecular complexity index is 1040. The van der Waals surface area contributed by atoms with Gasteiger partial charge in [-0.05, 0) is 17.7 Å². The second-order valence-corrected chi connectivity index (χ2v) is 8.10. The molecule has 0 unspecified atom stereocenters. The Morgan fingerprint density at radius 2 is 2.00 bits per heavy atom. The number of alkyl halides is 3. The minimum absolute atomic E-state index is 0.0964. The number of nitrogens with zero attached hydrogens (tertiary/aromatic N) is 2. The molecule has 9 nitrogen and oxygen atoms in total. The van der Waals surface area contributed by atoms with Crippen LogP contribution in [-0.2, 0) is 27.4 Å². The Morgan fingerprint density at radius 3 is 2.69 bits per heavy atom. The Balaban J connectivity index is 1.77. The quantitative estimate of drug-likeness (QED) is 0.493. The number of carbonyl (C=O) groups excluding carboxylic acids is 1. The van der Waals surface area contributed by atoms with Gasteiger partial charge in [-0.2, -0.15) is 18.2 Å². The molecule has 0 aliphatic carbocycles. The number of carbonyl (C=O) groups is 1. The van der Waals surface area contributed by atoms with Gasteiger partial charge in [-0.15, -0.1) is 0 Å². The van der Waals surface area contributed by atoms with Gasteiger partial charge < -0.3 is 16.0 Å². The van der Waals surface area contributed by atoms with E-state index >= 15 is 0 Å². The lowest BCUT2D eigenvalue weighted by atomic mass is 10.1. The predicted octanol–water partition coefficient (Wildman–Crippen LogP) is 1.69. The highest BCUT2D eigenvalue weighted by molar-refractivity contribution is 7.88. The monoisotopic (exact) mass is 430 g/mol. The fraction of sp³-hybridized carbons (Fsp3) is 0.312. The van der Waals surface area contributed by atoms with Crippen molar-refractivity contribution in [1.82, 2.24) is 14.7 Å². The first-order valence-corrected chi connectivity index (χ1v) is 10.2. The van der Waals surface area contributed by atoms with Crippen LogP contribution in [0.1, 0.15) is 11.1 Å². The number of sulfonamides is 1. The molecule has 1 aliphatic rings. The number of nitrogens with one attached hydrogen (secondary N) is 4. The molecule has 4 N–H and O–H groups in total. The van der Waals surface area contributed by atoms with Crippen LogP contribution < -0.4 is 20.7 Å². The molecule has 0 saturated carbocycles. The normalized spacial score (nSPS) is 13.7. The van der Waals surface area contributed by atoms with Gasteiger partial charge >= 0.3 is 6.18 Å². The summed E-state index contributed by atoms with van der Waals surface area (Å²) in [6.45, 7) is -0.231. The predicted molar refractivity (Wildman–Crippen MR) is 100 cm³/mol. The molecule has 1 aromatic heterocycles. The van der Waals surface area contributed by atoms with Crippen LogP contribution in [0.2, 0.25) is 0 Å². The molecule has 2 aromatic rings. The van der Waals surface area contributed by atoms with Crippen LogP contribution >= 0.6 is 0 Å². The zero-order valence-corrected chi connectivity index (χ0v) is 15.9. The highest BCUT2D eigenvalue weighted by Crippen LogP contribution is 2.34. The van der Waals surface area contributed by atoms with E-state index in [9.17, 15) is 26.4 Å². The van der Waals surface area contributed by atoms with Gasteiger partial charge in [0.25, 0.3) is 0 Å². The van der Waals surface area contributed by atoms with Crippen LogP contribution in [0.25, 0.3) is 0 Å². The molecule has 13 heteroatoms. The van der Waals surface area contributed by atoms with Gasteiger partial charge in [0, 0.05) is 30.7 Å². The summed E-state index contributed by atoms with van der Waals surface area (Å²) in [6, 6.07) is 5.00. The highest BCUT2D eigenvalue weighted by atomic mass is 32.2. The van der Waals surface area contributed by atoms with Crippen LogP contribution in [0.5, 0.6) is 0 Å². The van der Waals surface area contributed by atoms with Gasteiger partial charge in [-0.25, -0.2) is 18.1 Å². The molecule has 1 aliphatic heterocycles. The summed E-state index contributed by atoms with van der Waals surface area (Å²) < 4.78 is 63.9. The number of anilines is 4. The van der Waals surface area contributed by atoms with Gasteiger partial charge in [0.1, 0.15) is 11.4 Å². The fourth-order valence-corrected chi connectivity index (χ4v) is 3.10. The Labute approximate surface area is 164 Å². The van der Waals surface area contributed by atoms with Crippen LogP contribution in [0.15, 0.2) is 24.4 Å². The van der Waals surface area contributed by atoms with E-state index in [-0.39, 0.29) is 31.4 Å². The van der Waals surface area contributed by atoms with E-state index in [1.54, 1.807) is 18.2 Å². The topological polar surface area (TPSA) is 125 Å². The van der Waals surface area contributed by atoms with Gasteiger partial charge in [-0.1, -0.05) is 6.07 Å². The van der Waals surface area contributed by atoms with Crippen molar-refractivity contribution in [1.29, 1.82) is 0 Å². The van der Waals surface area contributed by atoms with E-state index in [1.165, 1.54) is 0 Å². The molecular formula is C16H17F3N6O3S. The Hall–Kier alpha value is -2.93. The second-order valence-electron chi connectivity index (χ2n) is 6.27. The fourth-order valence-electron chi connectivity index (χ4n) is 2.62. The number of amides is 1. The molecule has 0 radical (unpaired) electrons. The first-order chi connectivity index (χ1) is 13.5. The number of fused-ring (bicyclic) bond motifs is 1. The third-order valence-electron chi connectivity index (χ3n) is 3.87. The molecule has 0 bridgehead atoms. The van der Waals surface area contributed by atoms with Gasteiger partial charge in [0.05, 0.1) is 12.7 Å². The van der Waals surface area contributed by atoms with Crippen LogP contribution in [0.4, 0.5) is 36.3 Å². The van der Waals surface area contributed by atoms with Crippen molar-refractivity contribution in [3.63, 3.8) is 0 Å². The highest BCUT2D eigenvalue weighted by Gasteiger charge is 2.35. The SMILES string of the molecule is CS(=O)(=O)NCCNc1nc(Nc2ccc3c(c2)NC(=O)C3)ncc1C(F)(F)F. The molecule has 1 aromatic carbocycles. The number of rotatable bonds is 7. The molecule has 1 amide bonds. The zero-order valence-electron chi connectivity index (χ0n) is 15.1. The maximum atomic E-state index is 13.2. The molecule has 0 spiro atoms. The molecule has 0 atom stereocenters. The summed E-state index contributed by atoms with van der Waals surface area (Å²) >= 11 is 0. The van der Waals surface area contributed by atoms with Crippen molar-refractivity contribution in [2.75, 3.05) is 35.3 Å². The molecule has 0 saturated heterocycles. The maximum Gasteiger partial charge on any atom is 0.421 e. The third-order valence-corrected chi connectivity index (χ3v) is 4.60. The van der Waals surface area contributed by atoms with E-state index in [2.05, 4.69) is 30.6 Å². The number of hydrogen-bond acceptors (Lipinski definition) is 7. The van der Waals surface area contributed by atoms with E-state index in [4.69, 9.17) is 0 Å². The van der Waals surface area contributed by atoms with E-state index in [0.29, 0.717) is 17.6 Å². The van der Waals surface area contributed by atoms with E-state index < -0.39 is 27.6 Å². The van der Waals surface area contributed by atoms with Crippen molar-refractivity contribution in [3.05, 3.63) is 35.5 Å². The van der Waals surface area contributed by atoms with Crippen molar-refractivity contribution in [2.24, 2.45) is 0 Å². The van der Waals surface area contributed by atoms with Crippen LogP contribution in [0, 0.1) is 0 Å². The second kappa shape index (κ2) is 7.83. The average Bonchev–Trinajstić information content (AvgIpc) is 2.96. The zero-order chi connectivity index (χ0) is 21.2. The minimum Gasteiger partial charge on any atom is -0.368 e. The molecule has 2 heterocycles. The molecule has 3 rings (SSSR count). The number of hydrogen-bond donors (Lipinski definition) is 4. The number of halogens is 3. The van der Waals surface area contributed by atoms with Crippen molar-refractivity contribution in [2.45, 2.75) is 12.6 Å². The van der Waals surface area contributed by atoms with Crippen LogP contribution in [0.3, 0.4) is 0 Å². The van der Waals surface area contributed by atoms with Crippen molar-refractivity contribution < 1.29 is 26.4 Å². The minimum atomic E-state index is -4.69. The molecular weight excluding hydrogens is 413 g/mol. The molecule has 0 fully saturated rings. The van der Waals surface area contributed by atoms with E-state index in [1.807, 2.05) is 0 Å².